The van der Waals surface area contributed by atoms with Crippen LogP contribution in [-0.2, 0) is 10.0 Å². The smallest absolute Gasteiger partial charge is 0.241 e. The molecular formula is C17H20ClNO4S. The average molecular weight is 370 g/mol. The summed E-state index contributed by atoms with van der Waals surface area (Å²) in [5.41, 5.74) is 0.830. The lowest BCUT2D eigenvalue weighted by atomic mass is 10.1. The van der Waals surface area contributed by atoms with E-state index in [1.54, 1.807) is 32.2 Å². The number of halogens is 1. The Kier molecular flexibility index (Phi) is 6.10. The van der Waals surface area contributed by atoms with Gasteiger partial charge in [0.05, 0.1) is 23.6 Å². The van der Waals surface area contributed by atoms with Crippen LogP contribution in [0.2, 0.25) is 5.02 Å². The first kappa shape index (κ1) is 18.6. The van der Waals surface area contributed by atoms with Crippen molar-refractivity contribution in [2.75, 3.05) is 13.7 Å². The zero-order valence-corrected chi connectivity index (χ0v) is 15.3. The van der Waals surface area contributed by atoms with E-state index in [0.29, 0.717) is 18.1 Å². The van der Waals surface area contributed by atoms with Crippen LogP contribution in [0, 0.1) is 0 Å². The van der Waals surface area contributed by atoms with Gasteiger partial charge in [0.1, 0.15) is 11.5 Å². The van der Waals surface area contributed by atoms with Gasteiger partial charge in [0.2, 0.25) is 10.0 Å². The minimum absolute atomic E-state index is 0.0938. The van der Waals surface area contributed by atoms with Crippen LogP contribution in [0.1, 0.15) is 25.5 Å². The molecular weight excluding hydrogens is 350 g/mol. The highest BCUT2D eigenvalue weighted by Crippen LogP contribution is 2.28. The molecule has 0 amide bonds. The summed E-state index contributed by atoms with van der Waals surface area (Å²) in [6.45, 7) is 4.06. The van der Waals surface area contributed by atoms with Crippen molar-refractivity contribution in [3.05, 3.63) is 53.1 Å². The summed E-state index contributed by atoms with van der Waals surface area (Å²) < 4.78 is 38.1. The van der Waals surface area contributed by atoms with Crippen LogP contribution in [0.5, 0.6) is 11.5 Å². The molecule has 1 unspecified atom stereocenters. The number of ether oxygens (including phenoxy) is 2. The van der Waals surface area contributed by atoms with Crippen LogP contribution in [0.15, 0.2) is 47.4 Å². The van der Waals surface area contributed by atoms with Crippen LogP contribution in [0.25, 0.3) is 0 Å². The largest absolute Gasteiger partial charge is 0.497 e. The maximum Gasteiger partial charge on any atom is 0.241 e. The fraction of sp³-hybridized carbons (Fsp3) is 0.294. The molecule has 0 aromatic heterocycles. The second kappa shape index (κ2) is 7.88. The lowest BCUT2D eigenvalue weighted by Crippen LogP contribution is -2.26. The molecule has 1 N–H and O–H groups in total. The third-order valence-electron chi connectivity index (χ3n) is 3.46. The van der Waals surface area contributed by atoms with Gasteiger partial charge in [-0.2, -0.15) is 0 Å². The normalized spacial score (nSPS) is 12.7. The van der Waals surface area contributed by atoms with Crippen LogP contribution in [0.3, 0.4) is 0 Å². The summed E-state index contributed by atoms with van der Waals surface area (Å²) in [6, 6.07) is 11.2. The van der Waals surface area contributed by atoms with Crippen molar-refractivity contribution in [1.82, 2.24) is 4.72 Å². The molecule has 2 rings (SSSR count). The number of methoxy groups -OCH3 is 1. The Morgan fingerprint density at radius 2 is 1.83 bits per heavy atom. The van der Waals surface area contributed by atoms with Gasteiger partial charge in [-0.05, 0) is 49.7 Å². The summed E-state index contributed by atoms with van der Waals surface area (Å²) in [5.74, 6) is 1.17. The molecule has 24 heavy (non-hydrogen) atoms. The number of nitrogens with one attached hydrogen (secondary N) is 1. The molecule has 0 aliphatic heterocycles. The van der Waals surface area contributed by atoms with Crippen molar-refractivity contribution in [3.8, 4) is 11.5 Å². The van der Waals surface area contributed by atoms with Gasteiger partial charge in [-0.1, -0.05) is 23.7 Å². The molecule has 0 radical (unpaired) electrons. The minimum Gasteiger partial charge on any atom is -0.497 e. The highest BCUT2D eigenvalue weighted by molar-refractivity contribution is 7.89. The van der Waals surface area contributed by atoms with E-state index in [0.717, 1.165) is 5.56 Å². The lowest BCUT2D eigenvalue weighted by molar-refractivity contribution is 0.340. The standard InChI is InChI=1S/C17H20ClNO4S/c1-4-23-17-10-9-15(11-16(17)18)24(20,21)19-12(2)13-5-7-14(22-3)8-6-13/h5-12,19H,4H2,1-3H3. The van der Waals surface area contributed by atoms with Gasteiger partial charge in [0.25, 0.3) is 0 Å². The minimum atomic E-state index is -3.70. The van der Waals surface area contributed by atoms with Gasteiger partial charge in [0, 0.05) is 6.04 Å². The maximum absolute atomic E-state index is 12.5. The van der Waals surface area contributed by atoms with Crippen LogP contribution < -0.4 is 14.2 Å². The van der Waals surface area contributed by atoms with E-state index in [1.165, 1.54) is 12.1 Å². The van der Waals surface area contributed by atoms with Gasteiger partial charge in [0.15, 0.2) is 0 Å². The van der Waals surface area contributed by atoms with Crippen molar-refractivity contribution in [2.24, 2.45) is 0 Å². The number of rotatable bonds is 7. The van der Waals surface area contributed by atoms with Crippen LogP contribution >= 0.6 is 11.6 Å². The molecule has 1 atom stereocenters. The van der Waals surface area contributed by atoms with Gasteiger partial charge in [-0.25, -0.2) is 13.1 Å². The Bertz CT molecular complexity index is 791. The van der Waals surface area contributed by atoms with Crippen molar-refractivity contribution in [3.63, 3.8) is 0 Å². The van der Waals surface area contributed by atoms with E-state index < -0.39 is 16.1 Å². The first-order valence-electron chi connectivity index (χ1n) is 7.46. The van der Waals surface area contributed by atoms with Crippen molar-refractivity contribution in [2.45, 2.75) is 24.8 Å². The van der Waals surface area contributed by atoms with E-state index in [1.807, 2.05) is 19.1 Å². The summed E-state index contributed by atoms with van der Waals surface area (Å²) in [5, 5.41) is 0.261. The average Bonchev–Trinajstić information content (AvgIpc) is 2.56. The Labute approximate surface area is 147 Å². The number of hydrogen-bond acceptors (Lipinski definition) is 4. The third-order valence-corrected chi connectivity index (χ3v) is 5.29. The van der Waals surface area contributed by atoms with E-state index in [-0.39, 0.29) is 9.92 Å². The molecule has 5 nitrogen and oxygen atoms in total. The number of hydrogen-bond donors (Lipinski definition) is 1. The quantitative estimate of drug-likeness (QED) is 0.806. The second-order valence-corrected chi connectivity index (χ2v) is 7.26. The molecule has 7 heteroatoms. The molecule has 0 saturated carbocycles. The van der Waals surface area contributed by atoms with Gasteiger partial charge in [-0.3, -0.25) is 0 Å². The fourth-order valence-electron chi connectivity index (χ4n) is 2.18. The molecule has 0 aliphatic carbocycles. The summed E-state index contributed by atoms with van der Waals surface area (Å²) in [6.07, 6.45) is 0. The maximum atomic E-state index is 12.5. The zero-order valence-electron chi connectivity index (χ0n) is 13.7. The van der Waals surface area contributed by atoms with Crippen LogP contribution in [-0.4, -0.2) is 22.1 Å². The molecule has 0 fully saturated rings. The predicted molar refractivity (Wildman–Crippen MR) is 94.4 cm³/mol. The predicted octanol–water partition coefficient (Wildman–Crippen LogP) is 3.79. The molecule has 2 aromatic rings. The summed E-state index contributed by atoms with van der Waals surface area (Å²) in [4.78, 5) is 0.0938. The Morgan fingerprint density at radius 3 is 2.38 bits per heavy atom. The first-order valence-corrected chi connectivity index (χ1v) is 9.32. The molecule has 2 aromatic carbocycles. The van der Waals surface area contributed by atoms with Crippen molar-refractivity contribution < 1.29 is 17.9 Å². The molecule has 0 saturated heterocycles. The van der Waals surface area contributed by atoms with Gasteiger partial charge < -0.3 is 9.47 Å². The molecule has 130 valence electrons. The highest BCUT2D eigenvalue weighted by Gasteiger charge is 2.19. The van der Waals surface area contributed by atoms with Gasteiger partial charge >= 0.3 is 0 Å². The number of benzene rings is 2. The Balaban J connectivity index is 2.19. The monoisotopic (exact) mass is 369 g/mol. The molecule has 0 spiro atoms. The van der Waals surface area contributed by atoms with Crippen molar-refractivity contribution in [1.29, 1.82) is 0 Å². The topological polar surface area (TPSA) is 64.6 Å². The van der Waals surface area contributed by atoms with Crippen LogP contribution in [0.4, 0.5) is 0 Å². The SMILES string of the molecule is CCOc1ccc(S(=O)(=O)NC(C)c2ccc(OC)cc2)cc1Cl. The van der Waals surface area contributed by atoms with Gasteiger partial charge in [-0.15, -0.1) is 0 Å². The van der Waals surface area contributed by atoms with E-state index in [4.69, 9.17) is 21.1 Å². The van der Waals surface area contributed by atoms with E-state index >= 15 is 0 Å². The lowest BCUT2D eigenvalue weighted by Gasteiger charge is -2.16. The molecule has 0 heterocycles. The fourth-order valence-corrected chi connectivity index (χ4v) is 3.74. The second-order valence-electron chi connectivity index (χ2n) is 5.14. The summed E-state index contributed by atoms with van der Waals surface area (Å²) >= 11 is 6.07. The number of sulfonamides is 1. The Morgan fingerprint density at radius 1 is 1.17 bits per heavy atom. The van der Waals surface area contributed by atoms with Crippen molar-refractivity contribution >= 4 is 21.6 Å². The molecule has 0 aliphatic rings. The van der Waals surface area contributed by atoms with E-state index in [2.05, 4.69) is 4.72 Å². The first-order chi connectivity index (χ1) is 11.4. The highest BCUT2D eigenvalue weighted by atomic mass is 35.5. The summed E-state index contributed by atoms with van der Waals surface area (Å²) in [7, 11) is -2.12. The third kappa shape index (κ3) is 4.41. The van der Waals surface area contributed by atoms with E-state index in [9.17, 15) is 8.42 Å². The zero-order chi connectivity index (χ0) is 17.7. The molecule has 0 bridgehead atoms. The Hall–Kier alpha value is -1.76.